The van der Waals surface area contributed by atoms with Crippen molar-refractivity contribution in [2.45, 2.75) is 52.1 Å². The Morgan fingerprint density at radius 3 is 2.60 bits per heavy atom. The van der Waals surface area contributed by atoms with Crippen LogP contribution < -0.4 is 10.2 Å². The summed E-state index contributed by atoms with van der Waals surface area (Å²) < 4.78 is 13.5. The zero-order valence-corrected chi connectivity index (χ0v) is 20.7. The Hall–Kier alpha value is -3.59. The van der Waals surface area contributed by atoms with E-state index in [1.807, 2.05) is 38.1 Å². The standard InChI is InChI=1S/C26H27FN4O3S/c1-4-5-13-26(19-9-11-20(27)12-10-19)23(33)30(24(34)29-26)15-21-16-35-25(28-21)31(18(3)32)22-8-6-7-17(2)14-22/h6-12,14,16H,4-5,13,15H2,1-3H3,(H,29,34). The maximum atomic E-state index is 13.6. The summed E-state index contributed by atoms with van der Waals surface area (Å²) in [4.78, 5) is 46.2. The number of aromatic nitrogens is 1. The molecule has 4 rings (SSSR count). The maximum absolute atomic E-state index is 13.6. The summed E-state index contributed by atoms with van der Waals surface area (Å²) in [6.07, 6.45) is 1.95. The van der Waals surface area contributed by atoms with Crippen molar-refractivity contribution in [2.24, 2.45) is 0 Å². The van der Waals surface area contributed by atoms with Crippen LogP contribution >= 0.6 is 11.3 Å². The van der Waals surface area contributed by atoms with Gasteiger partial charge in [0, 0.05) is 12.3 Å². The third kappa shape index (κ3) is 4.81. The number of imide groups is 1. The average molecular weight is 495 g/mol. The summed E-state index contributed by atoms with van der Waals surface area (Å²) in [6, 6.07) is 12.7. The molecule has 9 heteroatoms. The topological polar surface area (TPSA) is 82.6 Å². The van der Waals surface area contributed by atoms with Crippen molar-refractivity contribution in [3.8, 4) is 0 Å². The first-order chi connectivity index (χ1) is 16.7. The van der Waals surface area contributed by atoms with Gasteiger partial charge in [0.15, 0.2) is 5.13 Å². The maximum Gasteiger partial charge on any atom is 0.325 e. The summed E-state index contributed by atoms with van der Waals surface area (Å²) >= 11 is 1.27. The minimum atomic E-state index is -1.24. The lowest BCUT2D eigenvalue weighted by Gasteiger charge is -2.27. The molecule has 1 aliphatic heterocycles. The third-order valence-electron chi connectivity index (χ3n) is 6.04. The number of rotatable bonds is 8. The molecule has 1 fully saturated rings. The Kier molecular flexibility index (Phi) is 6.98. The van der Waals surface area contributed by atoms with Gasteiger partial charge in [0.25, 0.3) is 5.91 Å². The van der Waals surface area contributed by atoms with Gasteiger partial charge in [-0.1, -0.05) is 44.0 Å². The lowest BCUT2D eigenvalue weighted by Crippen LogP contribution is -2.44. The second-order valence-electron chi connectivity index (χ2n) is 8.65. The van der Waals surface area contributed by atoms with Crippen LogP contribution in [0.4, 0.5) is 20.0 Å². The van der Waals surface area contributed by atoms with Gasteiger partial charge in [-0.15, -0.1) is 11.3 Å². The van der Waals surface area contributed by atoms with Crippen LogP contribution in [0, 0.1) is 12.7 Å². The fourth-order valence-electron chi connectivity index (χ4n) is 4.28. The van der Waals surface area contributed by atoms with E-state index in [0.717, 1.165) is 16.9 Å². The summed E-state index contributed by atoms with van der Waals surface area (Å²) in [5.41, 5.74) is 1.51. The molecule has 0 aliphatic carbocycles. The Morgan fingerprint density at radius 2 is 1.94 bits per heavy atom. The monoisotopic (exact) mass is 494 g/mol. The molecule has 1 N–H and O–H groups in total. The Morgan fingerprint density at radius 1 is 1.20 bits per heavy atom. The van der Waals surface area contributed by atoms with Crippen molar-refractivity contribution >= 4 is 40.0 Å². The number of hydrogen-bond acceptors (Lipinski definition) is 5. The molecule has 35 heavy (non-hydrogen) atoms. The number of unbranched alkanes of at least 4 members (excludes halogenated alkanes) is 1. The van der Waals surface area contributed by atoms with E-state index in [1.165, 1.54) is 35.3 Å². The number of carbonyl (C=O) groups excluding carboxylic acids is 3. The second kappa shape index (κ2) is 9.95. The number of benzene rings is 2. The van der Waals surface area contributed by atoms with Crippen molar-refractivity contribution in [1.82, 2.24) is 15.2 Å². The summed E-state index contributed by atoms with van der Waals surface area (Å²) in [5, 5.41) is 5.06. The van der Waals surface area contributed by atoms with Gasteiger partial charge in [0.2, 0.25) is 5.91 Å². The number of urea groups is 1. The molecule has 2 heterocycles. The quantitative estimate of drug-likeness (QED) is 0.425. The highest BCUT2D eigenvalue weighted by Crippen LogP contribution is 2.36. The molecule has 0 radical (unpaired) electrons. The molecule has 4 amide bonds. The van der Waals surface area contributed by atoms with Gasteiger partial charge in [-0.25, -0.2) is 14.2 Å². The molecule has 2 aromatic carbocycles. The van der Waals surface area contributed by atoms with Crippen LogP contribution in [-0.2, 0) is 21.7 Å². The number of halogens is 1. The van der Waals surface area contributed by atoms with Gasteiger partial charge < -0.3 is 5.32 Å². The van der Waals surface area contributed by atoms with E-state index in [4.69, 9.17) is 0 Å². The van der Waals surface area contributed by atoms with Crippen molar-refractivity contribution < 1.29 is 18.8 Å². The molecule has 1 unspecified atom stereocenters. The van der Waals surface area contributed by atoms with Crippen LogP contribution in [-0.4, -0.2) is 27.7 Å². The van der Waals surface area contributed by atoms with E-state index in [1.54, 1.807) is 17.5 Å². The molecule has 1 aromatic heterocycles. The molecule has 0 bridgehead atoms. The molecule has 3 aromatic rings. The molecule has 0 saturated carbocycles. The van der Waals surface area contributed by atoms with E-state index in [2.05, 4.69) is 10.3 Å². The van der Waals surface area contributed by atoms with Crippen molar-refractivity contribution in [1.29, 1.82) is 0 Å². The summed E-state index contributed by atoms with van der Waals surface area (Å²) in [6.45, 7) is 5.38. The fourth-order valence-corrected chi connectivity index (χ4v) is 5.16. The van der Waals surface area contributed by atoms with Crippen molar-refractivity contribution in [3.05, 3.63) is 76.5 Å². The van der Waals surface area contributed by atoms with E-state index in [9.17, 15) is 18.8 Å². The number of hydrogen-bond donors (Lipinski definition) is 1. The number of amides is 4. The summed E-state index contributed by atoms with van der Waals surface area (Å²) in [7, 11) is 0. The van der Waals surface area contributed by atoms with E-state index in [0.29, 0.717) is 34.9 Å². The number of thiazole rings is 1. The Balaban J connectivity index is 1.61. The van der Waals surface area contributed by atoms with Gasteiger partial charge in [-0.3, -0.25) is 19.4 Å². The highest BCUT2D eigenvalue weighted by molar-refractivity contribution is 7.14. The first kappa shape index (κ1) is 24.5. The lowest BCUT2D eigenvalue weighted by atomic mass is 9.85. The minimum Gasteiger partial charge on any atom is -0.319 e. The van der Waals surface area contributed by atoms with E-state index >= 15 is 0 Å². The summed E-state index contributed by atoms with van der Waals surface area (Å²) in [5.74, 6) is -0.993. The van der Waals surface area contributed by atoms with Crippen LogP contribution in [0.25, 0.3) is 0 Å². The minimum absolute atomic E-state index is 0.0319. The number of carbonyl (C=O) groups is 3. The Labute approximate surface area is 207 Å². The van der Waals surface area contributed by atoms with Crippen molar-refractivity contribution in [2.75, 3.05) is 4.90 Å². The van der Waals surface area contributed by atoms with Crippen LogP contribution in [0.15, 0.2) is 53.9 Å². The predicted octanol–water partition coefficient (Wildman–Crippen LogP) is 5.41. The molecule has 182 valence electrons. The van der Waals surface area contributed by atoms with Crippen molar-refractivity contribution in [3.63, 3.8) is 0 Å². The zero-order valence-electron chi connectivity index (χ0n) is 19.9. The lowest BCUT2D eigenvalue weighted by molar-refractivity contribution is -0.132. The molecular weight excluding hydrogens is 467 g/mol. The van der Waals surface area contributed by atoms with E-state index < -0.39 is 17.4 Å². The molecule has 7 nitrogen and oxygen atoms in total. The predicted molar refractivity (Wildman–Crippen MR) is 133 cm³/mol. The molecule has 1 aliphatic rings. The average Bonchev–Trinajstić information content (AvgIpc) is 3.37. The fraction of sp³-hybridized carbons (Fsp3) is 0.308. The van der Waals surface area contributed by atoms with Gasteiger partial charge in [0.05, 0.1) is 17.9 Å². The normalized spacial score (nSPS) is 17.5. The second-order valence-corrected chi connectivity index (χ2v) is 9.49. The van der Waals surface area contributed by atoms with Gasteiger partial charge in [0.1, 0.15) is 11.4 Å². The first-order valence-electron chi connectivity index (χ1n) is 11.5. The van der Waals surface area contributed by atoms with Crippen LogP contribution in [0.3, 0.4) is 0 Å². The Bertz CT molecular complexity index is 1260. The molecule has 0 spiro atoms. The van der Waals surface area contributed by atoms with E-state index in [-0.39, 0.29) is 18.4 Å². The van der Waals surface area contributed by atoms with Gasteiger partial charge in [-0.2, -0.15) is 0 Å². The number of nitrogens with zero attached hydrogens (tertiary/aromatic N) is 3. The van der Waals surface area contributed by atoms with Gasteiger partial charge in [-0.05, 0) is 48.7 Å². The largest absolute Gasteiger partial charge is 0.325 e. The van der Waals surface area contributed by atoms with Crippen LogP contribution in [0.1, 0.15) is 49.9 Å². The molecular formula is C26H27FN4O3S. The van der Waals surface area contributed by atoms with Crippen LogP contribution in [0.5, 0.6) is 0 Å². The highest BCUT2D eigenvalue weighted by Gasteiger charge is 2.52. The highest BCUT2D eigenvalue weighted by atomic mass is 32.1. The van der Waals surface area contributed by atoms with Crippen LogP contribution in [0.2, 0.25) is 0 Å². The molecule has 1 saturated heterocycles. The number of aryl methyl sites for hydroxylation is 1. The zero-order chi connectivity index (χ0) is 25.2. The third-order valence-corrected chi connectivity index (χ3v) is 6.92. The first-order valence-corrected chi connectivity index (χ1v) is 12.3. The van der Waals surface area contributed by atoms with Gasteiger partial charge >= 0.3 is 6.03 Å². The smallest absolute Gasteiger partial charge is 0.319 e. The number of nitrogens with one attached hydrogen (secondary N) is 1. The number of anilines is 2. The molecule has 1 atom stereocenters. The SMILES string of the molecule is CCCCC1(c2ccc(F)cc2)NC(=O)N(Cc2csc(N(C(C)=O)c3cccc(C)c3)n2)C1=O.